The average molecular weight is 390 g/mol. The number of aromatic nitrogens is 3. The summed E-state index contributed by atoms with van der Waals surface area (Å²) in [6, 6.07) is 15.5. The van der Waals surface area contributed by atoms with Crippen LogP contribution in [0.25, 0.3) is 0 Å². The summed E-state index contributed by atoms with van der Waals surface area (Å²) < 4.78 is 11.0. The normalized spacial score (nSPS) is 11.1. The lowest BCUT2D eigenvalue weighted by molar-refractivity contribution is 0.205. The van der Waals surface area contributed by atoms with Crippen molar-refractivity contribution in [1.29, 1.82) is 0 Å². The first kappa shape index (κ1) is 18.7. The van der Waals surface area contributed by atoms with Gasteiger partial charge in [0.15, 0.2) is 0 Å². The molecule has 148 valence electrons. The van der Waals surface area contributed by atoms with E-state index in [9.17, 15) is 0 Å². The van der Waals surface area contributed by atoms with Gasteiger partial charge in [0.05, 0.1) is 32.2 Å². The molecule has 29 heavy (non-hydrogen) atoms. The van der Waals surface area contributed by atoms with E-state index in [1.54, 1.807) is 12.5 Å². The maximum atomic E-state index is 5.94. The maximum absolute atomic E-state index is 5.94. The van der Waals surface area contributed by atoms with Crippen LogP contribution in [0.5, 0.6) is 0 Å². The zero-order chi connectivity index (χ0) is 20.1. The average Bonchev–Trinajstić information content (AvgIpc) is 3.37. The molecule has 0 unspecified atom stereocenters. The molecular weight excluding hydrogens is 368 g/mol. The van der Waals surface area contributed by atoms with Crippen LogP contribution in [0.15, 0.2) is 69.9 Å². The minimum Gasteiger partial charge on any atom is -0.468 e. The summed E-state index contributed by atoms with van der Waals surface area (Å²) in [6.45, 7) is 3.64. The number of benzene rings is 1. The molecule has 0 amide bonds. The smallest absolute Gasteiger partial charge is 0.232 e. The molecule has 0 aliphatic rings. The zero-order valence-electron chi connectivity index (χ0n) is 16.1. The van der Waals surface area contributed by atoms with Crippen molar-refractivity contribution in [2.75, 3.05) is 11.1 Å². The van der Waals surface area contributed by atoms with Crippen LogP contribution >= 0.6 is 0 Å². The van der Waals surface area contributed by atoms with E-state index < -0.39 is 0 Å². The first-order chi connectivity index (χ1) is 14.2. The Morgan fingerprint density at radius 2 is 1.55 bits per heavy atom. The molecule has 8 nitrogen and oxygen atoms in total. The third-order valence-electron chi connectivity index (χ3n) is 4.37. The van der Waals surface area contributed by atoms with Crippen LogP contribution in [0.4, 0.5) is 17.6 Å². The number of nitrogens with one attached hydrogen (secondary N) is 1. The summed E-state index contributed by atoms with van der Waals surface area (Å²) in [4.78, 5) is 15.2. The Morgan fingerprint density at radius 3 is 2.17 bits per heavy atom. The predicted octanol–water partition coefficient (Wildman–Crippen LogP) is 3.89. The highest BCUT2D eigenvalue weighted by Crippen LogP contribution is 2.19. The Kier molecular flexibility index (Phi) is 5.53. The zero-order valence-corrected chi connectivity index (χ0v) is 16.1. The summed E-state index contributed by atoms with van der Waals surface area (Å²) in [6.07, 6.45) is 3.32. The first-order valence-corrected chi connectivity index (χ1v) is 9.26. The maximum Gasteiger partial charge on any atom is 0.232 e. The van der Waals surface area contributed by atoms with E-state index in [1.807, 2.05) is 55.5 Å². The van der Waals surface area contributed by atoms with Gasteiger partial charge >= 0.3 is 0 Å². The summed E-state index contributed by atoms with van der Waals surface area (Å²) in [5, 5.41) is 3.22. The molecule has 4 aromatic rings. The predicted molar refractivity (Wildman–Crippen MR) is 109 cm³/mol. The van der Waals surface area contributed by atoms with Crippen molar-refractivity contribution >= 4 is 17.6 Å². The number of nitrogens with zero attached hydrogens (tertiary/aromatic N) is 4. The number of hydrogen-bond acceptors (Lipinski definition) is 8. The highest BCUT2D eigenvalue weighted by Gasteiger charge is 2.15. The SMILES string of the molecule is Cc1ccccc1Nc1nc(N)nc(CN(Cc2ccco2)Cc2ccco2)n1. The fraction of sp³-hybridized carbons (Fsp3) is 0.190. The van der Waals surface area contributed by atoms with Gasteiger partial charge in [0, 0.05) is 5.69 Å². The van der Waals surface area contributed by atoms with E-state index in [0.717, 1.165) is 22.8 Å². The van der Waals surface area contributed by atoms with Crippen molar-refractivity contribution in [2.45, 2.75) is 26.6 Å². The van der Waals surface area contributed by atoms with E-state index in [1.165, 1.54) is 0 Å². The fourth-order valence-electron chi connectivity index (χ4n) is 3.01. The van der Waals surface area contributed by atoms with Crippen LogP contribution in [0, 0.1) is 6.92 Å². The van der Waals surface area contributed by atoms with Crippen molar-refractivity contribution in [1.82, 2.24) is 19.9 Å². The monoisotopic (exact) mass is 390 g/mol. The molecule has 1 aromatic carbocycles. The number of nitrogen functional groups attached to an aromatic ring is 1. The molecule has 0 aliphatic carbocycles. The van der Waals surface area contributed by atoms with Crippen LogP contribution in [-0.2, 0) is 19.6 Å². The molecule has 0 saturated carbocycles. The minimum absolute atomic E-state index is 0.169. The highest BCUT2D eigenvalue weighted by atomic mass is 16.3. The lowest BCUT2D eigenvalue weighted by atomic mass is 10.2. The number of aryl methyl sites for hydroxylation is 1. The van der Waals surface area contributed by atoms with Gasteiger partial charge < -0.3 is 19.9 Å². The number of para-hydroxylation sites is 1. The number of hydrogen-bond donors (Lipinski definition) is 2. The van der Waals surface area contributed by atoms with Gasteiger partial charge in [0.25, 0.3) is 0 Å². The molecule has 0 atom stereocenters. The summed E-state index contributed by atoms with van der Waals surface area (Å²) >= 11 is 0. The second-order valence-electron chi connectivity index (χ2n) is 6.68. The van der Waals surface area contributed by atoms with Gasteiger partial charge in [-0.15, -0.1) is 0 Å². The highest BCUT2D eigenvalue weighted by molar-refractivity contribution is 5.58. The molecule has 0 aliphatic heterocycles. The van der Waals surface area contributed by atoms with E-state index in [4.69, 9.17) is 14.6 Å². The number of nitrogens with two attached hydrogens (primary N) is 1. The van der Waals surface area contributed by atoms with Crippen molar-refractivity contribution in [3.63, 3.8) is 0 Å². The molecule has 0 bridgehead atoms. The summed E-state index contributed by atoms with van der Waals surface area (Å²) in [7, 11) is 0. The van der Waals surface area contributed by atoms with Gasteiger partial charge in [-0.05, 0) is 42.8 Å². The van der Waals surface area contributed by atoms with Crippen molar-refractivity contribution in [3.05, 3.63) is 84.0 Å². The second kappa shape index (κ2) is 8.57. The third-order valence-corrected chi connectivity index (χ3v) is 4.37. The largest absolute Gasteiger partial charge is 0.468 e. The molecule has 8 heteroatoms. The van der Waals surface area contributed by atoms with E-state index >= 15 is 0 Å². The topological polar surface area (TPSA) is 106 Å². The third kappa shape index (κ3) is 4.99. The van der Waals surface area contributed by atoms with Crippen LogP contribution < -0.4 is 11.1 Å². The van der Waals surface area contributed by atoms with Crippen LogP contribution in [0.1, 0.15) is 22.9 Å². The molecule has 3 aromatic heterocycles. The Labute approximate surface area is 168 Å². The van der Waals surface area contributed by atoms with Crippen molar-refractivity contribution in [3.8, 4) is 0 Å². The molecule has 0 spiro atoms. The second-order valence-corrected chi connectivity index (χ2v) is 6.68. The van der Waals surface area contributed by atoms with Gasteiger partial charge in [0.2, 0.25) is 11.9 Å². The number of anilines is 3. The van der Waals surface area contributed by atoms with Crippen molar-refractivity contribution < 1.29 is 8.83 Å². The number of rotatable bonds is 8. The van der Waals surface area contributed by atoms with Crippen LogP contribution in [0.2, 0.25) is 0 Å². The lowest BCUT2D eigenvalue weighted by Gasteiger charge is -2.19. The molecule has 0 fully saturated rings. The van der Waals surface area contributed by atoms with Crippen molar-refractivity contribution in [2.24, 2.45) is 0 Å². The molecule has 4 rings (SSSR count). The molecule has 0 radical (unpaired) electrons. The fourth-order valence-corrected chi connectivity index (χ4v) is 3.01. The van der Waals surface area contributed by atoms with E-state index in [0.29, 0.717) is 31.4 Å². The standard InChI is InChI=1S/C21H22N6O2/c1-15-6-2-3-9-18(15)23-21-25-19(24-20(22)26-21)14-27(12-16-7-4-10-28-16)13-17-8-5-11-29-17/h2-11H,12-14H2,1H3,(H3,22,23,24,25,26). The minimum atomic E-state index is 0.169. The van der Waals surface area contributed by atoms with Gasteiger partial charge in [0.1, 0.15) is 17.3 Å². The van der Waals surface area contributed by atoms with Gasteiger partial charge in [-0.2, -0.15) is 15.0 Å². The Bertz CT molecular complexity index is 1010. The Morgan fingerprint density at radius 1 is 0.862 bits per heavy atom. The van der Waals surface area contributed by atoms with E-state index in [-0.39, 0.29) is 5.95 Å². The summed E-state index contributed by atoms with van der Waals surface area (Å²) in [5.41, 5.74) is 7.95. The molecule has 3 heterocycles. The molecule has 3 N–H and O–H groups in total. The van der Waals surface area contributed by atoms with Gasteiger partial charge in [-0.25, -0.2) is 0 Å². The number of furan rings is 2. The lowest BCUT2D eigenvalue weighted by Crippen LogP contribution is -2.24. The summed E-state index contributed by atoms with van der Waals surface area (Å²) in [5.74, 6) is 2.83. The van der Waals surface area contributed by atoms with Crippen LogP contribution in [0.3, 0.4) is 0 Å². The van der Waals surface area contributed by atoms with E-state index in [2.05, 4.69) is 25.2 Å². The van der Waals surface area contributed by atoms with Gasteiger partial charge in [-0.3, -0.25) is 4.90 Å². The van der Waals surface area contributed by atoms with Gasteiger partial charge in [-0.1, -0.05) is 18.2 Å². The van der Waals surface area contributed by atoms with Crippen LogP contribution in [-0.4, -0.2) is 19.9 Å². The Balaban J connectivity index is 1.54. The quantitative estimate of drug-likeness (QED) is 0.467. The Hall–Kier alpha value is -3.65. The molecular formula is C21H22N6O2. The first-order valence-electron chi connectivity index (χ1n) is 9.26. The molecule has 0 saturated heterocycles.